The van der Waals surface area contributed by atoms with Gasteiger partial charge in [-0.2, -0.15) is 5.53 Å². The molecule has 1 rings (SSSR count). The number of nitrogens with zero attached hydrogens (tertiary/aromatic N) is 2. The highest BCUT2D eigenvalue weighted by Crippen LogP contribution is 2.18. The van der Waals surface area contributed by atoms with Crippen molar-refractivity contribution in [3.05, 3.63) is 29.3 Å². The Hall–Kier alpha value is -1.00. The highest BCUT2D eigenvalue weighted by atomic mass is 35.5. The molecule has 0 aliphatic rings. The van der Waals surface area contributed by atoms with Crippen LogP contribution in [0.4, 0.5) is 5.69 Å². The SMILES string of the molecule is N=NN(C=S)c1cccc(Cl)c1. The molecule has 1 aromatic rings. The third-order valence-corrected chi connectivity index (χ3v) is 1.72. The van der Waals surface area contributed by atoms with Crippen molar-refractivity contribution in [1.29, 1.82) is 5.53 Å². The van der Waals surface area contributed by atoms with Gasteiger partial charge in [0.1, 0.15) is 0 Å². The Balaban J connectivity index is 3.00. The van der Waals surface area contributed by atoms with Crippen molar-refractivity contribution in [2.45, 2.75) is 0 Å². The second kappa shape index (κ2) is 4.13. The van der Waals surface area contributed by atoms with Crippen molar-refractivity contribution in [2.24, 2.45) is 5.22 Å². The quantitative estimate of drug-likeness (QED) is 0.462. The second-order valence-corrected chi connectivity index (χ2v) is 2.68. The Labute approximate surface area is 80.4 Å². The average Bonchev–Trinajstić information content (AvgIpc) is 2.07. The Morgan fingerprint density at radius 2 is 2.33 bits per heavy atom. The number of thiocarbonyl (C=S) groups is 1. The van der Waals surface area contributed by atoms with Gasteiger partial charge in [0.05, 0.1) is 11.2 Å². The van der Waals surface area contributed by atoms with E-state index in [9.17, 15) is 0 Å². The molecule has 62 valence electrons. The van der Waals surface area contributed by atoms with E-state index in [2.05, 4.69) is 17.4 Å². The van der Waals surface area contributed by atoms with E-state index in [0.717, 1.165) is 0 Å². The molecule has 3 nitrogen and oxygen atoms in total. The van der Waals surface area contributed by atoms with Gasteiger partial charge in [-0.05, 0) is 18.2 Å². The first-order valence-corrected chi connectivity index (χ1v) is 4.00. The molecular weight excluding hydrogens is 194 g/mol. The minimum atomic E-state index is 0.595. The van der Waals surface area contributed by atoms with Crippen molar-refractivity contribution < 1.29 is 0 Å². The van der Waals surface area contributed by atoms with Gasteiger partial charge in [-0.15, -0.1) is 0 Å². The highest BCUT2D eigenvalue weighted by molar-refractivity contribution is 7.79. The van der Waals surface area contributed by atoms with Crippen molar-refractivity contribution in [3.63, 3.8) is 0 Å². The fraction of sp³-hybridized carbons (Fsp3) is 0. The number of anilines is 1. The zero-order valence-corrected chi connectivity index (χ0v) is 7.64. The molecule has 0 heterocycles. The summed E-state index contributed by atoms with van der Waals surface area (Å²) in [6.07, 6.45) is 0. The molecule has 0 spiro atoms. The number of halogens is 1. The third-order valence-electron chi connectivity index (χ3n) is 1.28. The van der Waals surface area contributed by atoms with Crippen LogP contribution in [0.1, 0.15) is 0 Å². The van der Waals surface area contributed by atoms with Crippen LogP contribution >= 0.6 is 23.8 Å². The minimum Gasteiger partial charge on any atom is -0.212 e. The van der Waals surface area contributed by atoms with Gasteiger partial charge in [-0.3, -0.25) is 0 Å². The van der Waals surface area contributed by atoms with E-state index < -0.39 is 0 Å². The summed E-state index contributed by atoms with van der Waals surface area (Å²) in [7, 11) is 0. The fourth-order valence-electron chi connectivity index (χ4n) is 0.761. The van der Waals surface area contributed by atoms with E-state index in [1.807, 2.05) is 0 Å². The van der Waals surface area contributed by atoms with Crippen LogP contribution in [-0.4, -0.2) is 5.49 Å². The Kier molecular flexibility index (Phi) is 3.13. The Bertz CT molecular complexity index is 294. The van der Waals surface area contributed by atoms with Gasteiger partial charge in [-0.1, -0.05) is 35.1 Å². The molecule has 0 amide bonds. The zero-order chi connectivity index (χ0) is 8.97. The number of rotatable bonds is 3. The van der Waals surface area contributed by atoms with Crippen molar-refractivity contribution in [1.82, 2.24) is 0 Å². The molecule has 12 heavy (non-hydrogen) atoms. The van der Waals surface area contributed by atoms with Crippen LogP contribution in [-0.2, 0) is 0 Å². The standard InChI is InChI=1S/C7H6ClN3S/c8-6-2-1-3-7(4-6)11(5-12)10-9/h1-5,9H. The van der Waals surface area contributed by atoms with Gasteiger partial charge < -0.3 is 0 Å². The molecule has 5 heteroatoms. The number of benzene rings is 1. The van der Waals surface area contributed by atoms with Crippen LogP contribution in [0.5, 0.6) is 0 Å². The van der Waals surface area contributed by atoms with Gasteiger partial charge in [0, 0.05) is 5.02 Å². The van der Waals surface area contributed by atoms with Gasteiger partial charge in [0.25, 0.3) is 0 Å². The van der Waals surface area contributed by atoms with Crippen LogP contribution in [0.25, 0.3) is 0 Å². The minimum absolute atomic E-state index is 0.595. The Morgan fingerprint density at radius 3 is 2.83 bits per heavy atom. The van der Waals surface area contributed by atoms with Gasteiger partial charge in [-0.25, -0.2) is 5.01 Å². The summed E-state index contributed by atoms with van der Waals surface area (Å²) in [6.45, 7) is 0. The largest absolute Gasteiger partial charge is 0.212 e. The van der Waals surface area contributed by atoms with Gasteiger partial charge in [0.2, 0.25) is 0 Å². The maximum absolute atomic E-state index is 6.78. The molecule has 0 fully saturated rings. The molecule has 1 aromatic carbocycles. The number of hydrogen-bond acceptors (Lipinski definition) is 3. The fourth-order valence-corrected chi connectivity index (χ4v) is 1.11. The second-order valence-electron chi connectivity index (χ2n) is 2.03. The van der Waals surface area contributed by atoms with Gasteiger partial charge in [0.15, 0.2) is 0 Å². The van der Waals surface area contributed by atoms with Crippen LogP contribution < -0.4 is 5.01 Å². The lowest BCUT2D eigenvalue weighted by Crippen LogP contribution is -2.09. The summed E-state index contributed by atoms with van der Waals surface area (Å²) in [5.74, 6) is 0. The molecule has 0 saturated carbocycles. The van der Waals surface area contributed by atoms with E-state index in [0.29, 0.717) is 10.7 Å². The molecule has 0 radical (unpaired) electrons. The summed E-state index contributed by atoms with van der Waals surface area (Å²) in [5, 5.41) is 5.03. The van der Waals surface area contributed by atoms with E-state index in [1.165, 1.54) is 10.5 Å². The van der Waals surface area contributed by atoms with Crippen molar-refractivity contribution in [2.75, 3.05) is 5.01 Å². The summed E-state index contributed by atoms with van der Waals surface area (Å²) >= 11 is 10.4. The van der Waals surface area contributed by atoms with E-state index in [-0.39, 0.29) is 0 Å². The van der Waals surface area contributed by atoms with Crippen molar-refractivity contribution >= 4 is 35.0 Å². The molecule has 1 N–H and O–H groups in total. The smallest absolute Gasteiger partial charge is 0.0937 e. The lowest BCUT2D eigenvalue weighted by atomic mass is 10.3. The lowest BCUT2D eigenvalue weighted by Gasteiger charge is -2.09. The highest BCUT2D eigenvalue weighted by Gasteiger charge is 2.00. The monoisotopic (exact) mass is 199 g/mol. The first-order valence-electron chi connectivity index (χ1n) is 3.15. The molecule has 0 bridgehead atoms. The first kappa shape index (κ1) is 9.09. The predicted molar refractivity (Wildman–Crippen MR) is 52.7 cm³/mol. The van der Waals surface area contributed by atoms with Crippen LogP contribution in [0.2, 0.25) is 5.02 Å². The molecular formula is C7H6ClN3S. The molecule has 0 atom stereocenters. The van der Waals surface area contributed by atoms with Gasteiger partial charge >= 0.3 is 0 Å². The molecule has 0 aromatic heterocycles. The van der Waals surface area contributed by atoms with E-state index >= 15 is 0 Å². The summed E-state index contributed by atoms with van der Waals surface area (Å²) in [5.41, 5.74) is 8.74. The summed E-state index contributed by atoms with van der Waals surface area (Å²) in [6, 6.07) is 6.97. The summed E-state index contributed by atoms with van der Waals surface area (Å²) < 4.78 is 0. The number of nitrogens with one attached hydrogen (secondary N) is 1. The number of hydrogen-bond donors (Lipinski definition) is 1. The third kappa shape index (κ3) is 1.99. The average molecular weight is 200 g/mol. The molecule has 0 aliphatic heterocycles. The van der Waals surface area contributed by atoms with Crippen LogP contribution in [0.3, 0.4) is 0 Å². The maximum Gasteiger partial charge on any atom is 0.0937 e. The molecule has 0 aliphatic carbocycles. The maximum atomic E-state index is 6.78. The van der Waals surface area contributed by atoms with E-state index in [4.69, 9.17) is 17.1 Å². The topological polar surface area (TPSA) is 39.5 Å². The van der Waals surface area contributed by atoms with Crippen molar-refractivity contribution in [3.8, 4) is 0 Å². The normalized spacial score (nSPS) is 9.08. The Morgan fingerprint density at radius 1 is 1.58 bits per heavy atom. The lowest BCUT2D eigenvalue weighted by molar-refractivity contribution is 0.963. The summed E-state index contributed by atoms with van der Waals surface area (Å²) in [4.78, 5) is 0. The predicted octanol–water partition coefficient (Wildman–Crippen LogP) is 3.05. The first-order chi connectivity index (χ1) is 5.77. The van der Waals surface area contributed by atoms with Crippen LogP contribution in [0.15, 0.2) is 29.5 Å². The zero-order valence-electron chi connectivity index (χ0n) is 6.07. The van der Waals surface area contributed by atoms with E-state index in [1.54, 1.807) is 24.3 Å². The van der Waals surface area contributed by atoms with Crippen LogP contribution in [0, 0.1) is 5.53 Å². The molecule has 0 unspecified atom stereocenters. The molecule has 0 saturated heterocycles.